The van der Waals surface area contributed by atoms with Crippen LogP contribution in [0.15, 0.2) is 53.8 Å². The summed E-state index contributed by atoms with van der Waals surface area (Å²) in [6.45, 7) is 5.40. The Morgan fingerprint density at radius 2 is 1.97 bits per heavy atom. The van der Waals surface area contributed by atoms with Crippen molar-refractivity contribution in [1.29, 1.82) is 0 Å². The summed E-state index contributed by atoms with van der Waals surface area (Å²) in [5, 5.41) is 18.1. The number of hydrogen-bond acceptors (Lipinski definition) is 6. The molecule has 0 saturated carbocycles. The Bertz CT molecular complexity index is 1080. The lowest BCUT2D eigenvalue weighted by Gasteiger charge is -2.29. The van der Waals surface area contributed by atoms with Crippen LogP contribution in [0.25, 0.3) is 6.08 Å². The number of carbonyl (C=O) groups is 1. The van der Waals surface area contributed by atoms with Crippen LogP contribution in [0.4, 0.5) is 11.4 Å². The molecule has 0 aliphatic carbocycles. The maximum Gasteiger partial charge on any atom is 0.265 e. The average Bonchev–Trinajstić information content (AvgIpc) is 2.84. The van der Waals surface area contributed by atoms with Crippen molar-refractivity contribution in [3.63, 3.8) is 0 Å². The van der Waals surface area contributed by atoms with E-state index in [-0.39, 0.29) is 11.8 Å². The second-order valence-electron chi connectivity index (χ2n) is 9.34. The molecule has 186 valence electrons. The number of carbonyl (C=O) groups excluding carboxylic acids is 1. The third kappa shape index (κ3) is 6.33. The van der Waals surface area contributed by atoms with Crippen molar-refractivity contribution in [2.45, 2.75) is 52.2 Å². The van der Waals surface area contributed by atoms with Crippen LogP contribution in [0.5, 0.6) is 5.75 Å². The van der Waals surface area contributed by atoms with Crippen molar-refractivity contribution in [1.82, 2.24) is 5.06 Å². The van der Waals surface area contributed by atoms with E-state index in [1.54, 1.807) is 13.3 Å². The van der Waals surface area contributed by atoms with E-state index in [1.807, 2.05) is 48.5 Å². The zero-order valence-corrected chi connectivity index (χ0v) is 20.6. The Morgan fingerprint density at radius 1 is 1.17 bits per heavy atom. The van der Waals surface area contributed by atoms with Crippen molar-refractivity contribution in [2.24, 2.45) is 11.1 Å². The summed E-state index contributed by atoms with van der Waals surface area (Å²) < 4.78 is 6.15. The van der Waals surface area contributed by atoms with Crippen molar-refractivity contribution in [3.8, 4) is 5.75 Å². The number of amides is 1. The van der Waals surface area contributed by atoms with Crippen molar-refractivity contribution < 1.29 is 19.6 Å². The molecule has 2 aliphatic rings. The van der Waals surface area contributed by atoms with Crippen LogP contribution >= 0.6 is 0 Å². The molecular formula is C27H34N4O4. The maximum absolute atomic E-state index is 13.2. The summed E-state index contributed by atoms with van der Waals surface area (Å²) in [5.41, 5.74) is 3.71. The minimum absolute atomic E-state index is 0.188. The summed E-state index contributed by atoms with van der Waals surface area (Å²) in [6, 6.07) is 13.5. The van der Waals surface area contributed by atoms with Crippen LogP contribution in [0.1, 0.15) is 50.7 Å². The molecular weight excluding hydrogens is 444 g/mol. The van der Waals surface area contributed by atoms with Gasteiger partial charge in [-0.05, 0) is 78.8 Å². The van der Waals surface area contributed by atoms with Gasteiger partial charge in [0, 0.05) is 30.5 Å². The summed E-state index contributed by atoms with van der Waals surface area (Å²) in [7, 11) is 1.57. The predicted octanol–water partition coefficient (Wildman–Crippen LogP) is 5.24. The van der Waals surface area contributed by atoms with Gasteiger partial charge in [0.05, 0.1) is 6.54 Å². The van der Waals surface area contributed by atoms with Gasteiger partial charge in [-0.15, -0.1) is 0 Å². The molecule has 2 aromatic rings. The van der Waals surface area contributed by atoms with Gasteiger partial charge in [-0.25, -0.2) is 0 Å². The highest BCUT2D eigenvalue weighted by Crippen LogP contribution is 2.27. The number of hydroxylamine groups is 2. The molecule has 0 spiro atoms. The number of piperidine rings is 1. The molecule has 35 heavy (non-hydrogen) atoms. The van der Waals surface area contributed by atoms with Gasteiger partial charge in [-0.2, -0.15) is 0 Å². The van der Waals surface area contributed by atoms with Crippen LogP contribution in [-0.4, -0.2) is 41.8 Å². The van der Waals surface area contributed by atoms with E-state index in [9.17, 15) is 10.0 Å². The lowest BCUT2D eigenvalue weighted by molar-refractivity contribution is -0.123. The van der Waals surface area contributed by atoms with Gasteiger partial charge in [0.15, 0.2) is 6.10 Å². The molecule has 8 heteroatoms. The number of oxime groups is 1. The largest absolute Gasteiger partial charge is 0.481 e. The summed E-state index contributed by atoms with van der Waals surface area (Å²) in [5.74, 6) is 1.62. The highest BCUT2D eigenvalue weighted by atomic mass is 16.6. The average molecular weight is 479 g/mol. The standard InChI is InChI=1S/C27H34N4O4/c1-19(2)16-25(35-24-12-7-20-13-15-30(33)18-21(20)17-24)27(32)28-22-8-10-23(11-9-22)31-14-5-4-6-26(31)29-34-3/h7-13,15,17,19,25,33H,4-6,14,16,18H2,1-3H3,(H,28,32)/t25-/m0/s1. The Morgan fingerprint density at radius 3 is 2.71 bits per heavy atom. The molecule has 1 fully saturated rings. The topological polar surface area (TPSA) is 86.6 Å². The Labute approximate surface area is 206 Å². The molecule has 1 amide bonds. The van der Waals surface area contributed by atoms with Crippen LogP contribution in [0.2, 0.25) is 0 Å². The van der Waals surface area contributed by atoms with Crippen LogP contribution < -0.4 is 15.0 Å². The van der Waals surface area contributed by atoms with E-state index in [0.29, 0.717) is 24.4 Å². The number of benzene rings is 2. The fraction of sp³-hybridized carbons (Fsp3) is 0.407. The van der Waals surface area contributed by atoms with Gasteiger partial charge in [0.2, 0.25) is 0 Å². The van der Waals surface area contributed by atoms with Crippen LogP contribution in [0.3, 0.4) is 0 Å². The third-order valence-corrected chi connectivity index (χ3v) is 6.12. The zero-order chi connectivity index (χ0) is 24.8. The second-order valence-corrected chi connectivity index (χ2v) is 9.34. The van der Waals surface area contributed by atoms with Crippen molar-refractivity contribution >= 4 is 29.2 Å². The van der Waals surface area contributed by atoms with Gasteiger partial charge in [-0.1, -0.05) is 25.1 Å². The highest BCUT2D eigenvalue weighted by molar-refractivity contribution is 5.99. The number of rotatable bonds is 8. The number of nitrogens with one attached hydrogen (secondary N) is 1. The molecule has 4 rings (SSSR count). The molecule has 8 nitrogen and oxygen atoms in total. The van der Waals surface area contributed by atoms with Gasteiger partial charge in [-0.3, -0.25) is 15.1 Å². The first kappa shape index (κ1) is 24.6. The molecule has 2 aliphatic heterocycles. The SMILES string of the molecule is CON=C1CCCCN1c1ccc(NC(=O)[C@H](CC(C)C)Oc2ccc3c(c2)CN(O)C=C3)cc1. The van der Waals surface area contributed by atoms with Crippen LogP contribution in [-0.2, 0) is 16.2 Å². The number of ether oxygens (including phenoxy) is 1. The van der Waals surface area contributed by atoms with E-state index >= 15 is 0 Å². The van der Waals surface area contributed by atoms with Gasteiger partial charge < -0.3 is 19.8 Å². The summed E-state index contributed by atoms with van der Waals surface area (Å²) >= 11 is 0. The first-order valence-corrected chi connectivity index (χ1v) is 12.1. The number of nitrogens with zero attached hydrogens (tertiary/aromatic N) is 3. The number of anilines is 2. The molecule has 0 aromatic heterocycles. The van der Waals surface area contributed by atoms with Gasteiger partial charge >= 0.3 is 0 Å². The van der Waals surface area contributed by atoms with Gasteiger partial charge in [0.25, 0.3) is 5.91 Å². The minimum atomic E-state index is -0.639. The Hall–Kier alpha value is -3.52. The minimum Gasteiger partial charge on any atom is -0.481 e. The van der Waals surface area contributed by atoms with E-state index < -0.39 is 6.10 Å². The molecule has 0 radical (unpaired) electrons. The van der Waals surface area contributed by atoms with Crippen molar-refractivity contribution in [2.75, 3.05) is 23.9 Å². The maximum atomic E-state index is 13.2. The third-order valence-electron chi connectivity index (χ3n) is 6.12. The summed E-state index contributed by atoms with van der Waals surface area (Å²) in [4.78, 5) is 20.3. The number of fused-ring (bicyclic) bond motifs is 1. The molecule has 0 unspecified atom stereocenters. The molecule has 2 heterocycles. The monoisotopic (exact) mass is 478 g/mol. The quantitative estimate of drug-likeness (QED) is 0.505. The van der Waals surface area contributed by atoms with E-state index in [4.69, 9.17) is 9.57 Å². The fourth-order valence-corrected chi connectivity index (χ4v) is 4.39. The first-order chi connectivity index (χ1) is 16.9. The van der Waals surface area contributed by atoms with Crippen molar-refractivity contribution in [3.05, 3.63) is 59.8 Å². The van der Waals surface area contributed by atoms with E-state index in [1.165, 1.54) is 0 Å². The van der Waals surface area contributed by atoms with E-state index in [0.717, 1.165) is 53.5 Å². The van der Waals surface area contributed by atoms with Crippen LogP contribution in [0, 0.1) is 5.92 Å². The fourth-order valence-electron chi connectivity index (χ4n) is 4.39. The lowest BCUT2D eigenvalue weighted by atomic mass is 10.0. The molecule has 2 aromatic carbocycles. The number of amidine groups is 1. The normalized spacial score (nSPS) is 17.3. The molecule has 0 bridgehead atoms. The smallest absolute Gasteiger partial charge is 0.265 e. The second kappa shape index (κ2) is 11.3. The predicted molar refractivity (Wildman–Crippen MR) is 137 cm³/mol. The first-order valence-electron chi connectivity index (χ1n) is 12.1. The van der Waals surface area contributed by atoms with E-state index in [2.05, 4.69) is 29.2 Å². The highest BCUT2D eigenvalue weighted by Gasteiger charge is 2.23. The number of hydrogen-bond donors (Lipinski definition) is 2. The molecule has 2 N–H and O–H groups in total. The molecule has 1 atom stereocenters. The van der Waals surface area contributed by atoms with Gasteiger partial charge in [0.1, 0.15) is 18.7 Å². The summed E-state index contributed by atoms with van der Waals surface area (Å²) in [6.07, 6.45) is 6.50. The Kier molecular flexibility index (Phi) is 7.92. The Balaban J connectivity index is 1.44. The molecule has 1 saturated heterocycles. The zero-order valence-electron chi connectivity index (χ0n) is 20.6. The lowest BCUT2D eigenvalue weighted by Crippen LogP contribution is -2.35.